The van der Waals surface area contributed by atoms with Crippen LogP contribution in [0.15, 0.2) is 134 Å². The van der Waals surface area contributed by atoms with Crippen LogP contribution in [0.3, 0.4) is 0 Å². The van der Waals surface area contributed by atoms with Crippen LogP contribution >= 0.6 is 0 Å². The van der Waals surface area contributed by atoms with Crippen molar-refractivity contribution in [1.29, 1.82) is 0 Å². The van der Waals surface area contributed by atoms with E-state index in [1.165, 1.54) is 80.5 Å². The van der Waals surface area contributed by atoms with E-state index in [0.717, 1.165) is 29.3 Å². The molecule has 0 saturated carbocycles. The Bertz CT molecular complexity index is 5030. The van der Waals surface area contributed by atoms with Crippen LogP contribution in [0.2, 0.25) is 0 Å². The molecule has 6 aromatic carbocycles. The average Bonchev–Trinajstić information content (AvgIpc) is 1.60. The van der Waals surface area contributed by atoms with Gasteiger partial charge in [-0.05, 0) is 170 Å². The molecule has 12 rings (SSSR count). The summed E-state index contributed by atoms with van der Waals surface area (Å²) in [7, 11) is 0. The highest BCUT2D eigenvalue weighted by molar-refractivity contribution is 6.04. The van der Waals surface area contributed by atoms with Crippen molar-refractivity contribution in [2.45, 2.75) is 86.6 Å². The summed E-state index contributed by atoms with van der Waals surface area (Å²) >= 11 is 0. The Labute approximate surface area is 554 Å². The molecular weight excluding hydrogens is 1280 g/mol. The molecule has 0 bridgehead atoms. The van der Waals surface area contributed by atoms with E-state index < -0.39 is 53.1 Å². The number of nitrogens with one attached hydrogen (secondary N) is 6. The average molecular weight is 1340 g/mol. The zero-order chi connectivity index (χ0) is 70.6. The van der Waals surface area contributed by atoms with Crippen molar-refractivity contribution in [3.05, 3.63) is 180 Å². The maximum atomic E-state index is 15.1. The van der Waals surface area contributed by atoms with Gasteiger partial charge in [0.2, 0.25) is 0 Å². The Hall–Kier alpha value is -12.3. The van der Waals surface area contributed by atoms with Crippen LogP contribution in [0.25, 0.3) is 66.9 Å². The fraction of sp³-hybridized carbons (Fsp3) is 0.194. The van der Waals surface area contributed by atoms with Gasteiger partial charge in [-0.3, -0.25) is 0 Å². The SMILES string of the molecule is Cc1ccc(F)c(NC(=O)Nc2ccc(-c3nn(C(C)C)c4ncnc(N)c34)c(F)c2)c1.Cc1ccc(NC(=O)Nc2ccc(-c3nn(C(C)C)c4ncnc(N)c34)c(F)c2)cc1C(F)(F)F.Cc1cccc(NC(=O)Nc2ccc(-c3nn(C(C)C)c4ncnc(N)c34)c(F)c2)c1. The Morgan fingerprint density at radius 2 is 0.755 bits per heavy atom. The van der Waals surface area contributed by atoms with E-state index in [2.05, 4.69) is 77.1 Å². The van der Waals surface area contributed by atoms with Crippen molar-refractivity contribution in [2.75, 3.05) is 49.1 Å². The maximum absolute atomic E-state index is 15.1. The molecule has 0 atom stereocenters. The molecule has 12 N–H and O–H groups in total. The monoisotopic (exact) mass is 1340 g/mol. The maximum Gasteiger partial charge on any atom is 0.416 e. The van der Waals surface area contributed by atoms with Crippen molar-refractivity contribution < 1.29 is 45.1 Å². The first-order chi connectivity index (χ1) is 46.5. The lowest BCUT2D eigenvalue weighted by Crippen LogP contribution is -2.20. The van der Waals surface area contributed by atoms with E-state index >= 15 is 13.2 Å². The number of nitrogen functional groups attached to an aromatic ring is 3. The van der Waals surface area contributed by atoms with Crippen molar-refractivity contribution >= 4 is 103 Å². The number of carbonyl (C=O) groups excluding carboxylic acids is 3. The number of halogens is 7. The lowest BCUT2D eigenvalue weighted by atomic mass is 10.1. The second kappa shape index (κ2) is 28.3. The number of urea groups is 3. The summed E-state index contributed by atoms with van der Waals surface area (Å²) in [6, 6.07) is 25.5. The van der Waals surface area contributed by atoms with Gasteiger partial charge in [-0.1, -0.05) is 24.3 Å². The molecule has 0 fully saturated rings. The number of nitrogens with zero attached hydrogens (tertiary/aromatic N) is 12. The minimum absolute atomic E-state index is 0.000120. The number of carbonyl (C=O) groups is 3. The second-order valence-corrected chi connectivity index (χ2v) is 23.2. The van der Waals surface area contributed by atoms with Gasteiger partial charge in [-0.2, -0.15) is 28.5 Å². The number of hydrogen-bond acceptors (Lipinski definition) is 15. The second-order valence-electron chi connectivity index (χ2n) is 23.2. The van der Waals surface area contributed by atoms with Crippen LogP contribution in [-0.2, 0) is 6.18 Å². The van der Waals surface area contributed by atoms with Gasteiger partial charge in [0.1, 0.15) is 76.8 Å². The number of anilines is 9. The summed E-state index contributed by atoms with van der Waals surface area (Å²) < 4.78 is 103. The number of nitrogens with two attached hydrogens (primary N) is 3. The lowest BCUT2D eigenvalue weighted by molar-refractivity contribution is -0.138. The number of benzene rings is 6. The fourth-order valence-electron chi connectivity index (χ4n) is 10.3. The number of hydrogen-bond donors (Lipinski definition) is 9. The molecule has 0 aliphatic carbocycles. The van der Waals surface area contributed by atoms with Crippen LogP contribution in [0.5, 0.6) is 0 Å². The molecule has 0 saturated heterocycles. The third-order valence-corrected chi connectivity index (χ3v) is 14.9. The van der Waals surface area contributed by atoms with Gasteiger partial charge in [0.15, 0.2) is 16.9 Å². The van der Waals surface area contributed by atoms with Gasteiger partial charge < -0.3 is 49.1 Å². The van der Waals surface area contributed by atoms with Gasteiger partial charge in [0.05, 0.1) is 27.4 Å². The quantitative estimate of drug-likeness (QED) is 0.0513. The molecule has 0 unspecified atom stereocenters. The highest BCUT2D eigenvalue weighted by Crippen LogP contribution is 2.38. The summed E-state index contributed by atoms with van der Waals surface area (Å²) in [4.78, 5) is 61.5. The topological polar surface area (TPSA) is 332 Å². The fourth-order valence-corrected chi connectivity index (χ4v) is 10.3. The summed E-state index contributed by atoms with van der Waals surface area (Å²) in [6.45, 7) is 16.6. The first-order valence-electron chi connectivity index (χ1n) is 30.1. The predicted octanol–water partition coefficient (Wildman–Crippen LogP) is 15.4. The van der Waals surface area contributed by atoms with Crippen LogP contribution in [0, 0.1) is 44.0 Å². The van der Waals surface area contributed by atoms with E-state index in [1.54, 1.807) is 45.2 Å². The smallest absolute Gasteiger partial charge is 0.383 e. The first kappa shape index (κ1) is 68.5. The molecule has 6 amide bonds. The Morgan fingerprint density at radius 3 is 1.11 bits per heavy atom. The largest absolute Gasteiger partial charge is 0.416 e. The first-order valence-corrected chi connectivity index (χ1v) is 30.1. The van der Waals surface area contributed by atoms with Crippen LogP contribution in [0.1, 0.15) is 81.9 Å². The van der Waals surface area contributed by atoms with Crippen molar-refractivity contribution in [3.8, 4) is 33.8 Å². The molecule has 0 spiro atoms. The number of rotatable bonds is 12. The summed E-state index contributed by atoms with van der Waals surface area (Å²) in [5.74, 6) is -1.87. The number of aryl methyl sites for hydroxylation is 3. The highest BCUT2D eigenvalue weighted by atomic mass is 19.4. The molecule has 98 heavy (non-hydrogen) atoms. The molecule has 12 aromatic rings. The van der Waals surface area contributed by atoms with E-state index in [9.17, 15) is 31.9 Å². The summed E-state index contributed by atoms with van der Waals surface area (Å²) in [6.07, 6.45) is -0.562. The molecule has 504 valence electrons. The zero-order valence-corrected chi connectivity index (χ0v) is 53.9. The molecular formula is C67H64F7N21O3. The Kier molecular flexibility index (Phi) is 19.8. The molecule has 24 nitrogen and oxygen atoms in total. The number of amides is 6. The molecule has 0 radical (unpaired) electrons. The minimum Gasteiger partial charge on any atom is -0.383 e. The molecule has 6 heterocycles. The van der Waals surface area contributed by atoms with E-state index in [1.807, 2.05) is 66.7 Å². The van der Waals surface area contributed by atoms with Crippen LogP contribution in [-0.4, -0.2) is 77.3 Å². The van der Waals surface area contributed by atoms with E-state index in [-0.39, 0.29) is 86.3 Å². The van der Waals surface area contributed by atoms with Gasteiger partial charge in [-0.25, -0.2) is 75.9 Å². The minimum atomic E-state index is -4.56. The van der Waals surface area contributed by atoms with Crippen molar-refractivity contribution in [2.24, 2.45) is 0 Å². The van der Waals surface area contributed by atoms with Crippen LogP contribution in [0.4, 0.5) is 96.7 Å². The Balaban J connectivity index is 0.000000160. The van der Waals surface area contributed by atoms with Gasteiger partial charge >= 0.3 is 24.3 Å². The number of aromatic nitrogens is 12. The molecule has 31 heteroatoms. The third-order valence-electron chi connectivity index (χ3n) is 14.9. The normalized spacial score (nSPS) is 11.4. The van der Waals surface area contributed by atoms with E-state index in [0.29, 0.717) is 55.9 Å². The van der Waals surface area contributed by atoms with Gasteiger partial charge in [-0.15, -0.1) is 0 Å². The van der Waals surface area contributed by atoms with Gasteiger partial charge in [0.25, 0.3) is 0 Å². The third kappa shape index (κ3) is 15.1. The van der Waals surface area contributed by atoms with E-state index in [4.69, 9.17) is 17.2 Å². The Morgan fingerprint density at radius 1 is 0.408 bits per heavy atom. The van der Waals surface area contributed by atoms with Crippen molar-refractivity contribution in [3.63, 3.8) is 0 Å². The molecule has 0 aliphatic heterocycles. The van der Waals surface area contributed by atoms with Crippen molar-refractivity contribution in [1.82, 2.24) is 59.2 Å². The predicted molar refractivity (Wildman–Crippen MR) is 363 cm³/mol. The number of fused-ring (bicyclic) bond motifs is 3. The highest BCUT2D eigenvalue weighted by Gasteiger charge is 2.33. The molecule has 0 aliphatic rings. The zero-order valence-electron chi connectivity index (χ0n) is 53.9. The summed E-state index contributed by atoms with van der Waals surface area (Å²) in [5, 5.41) is 29.8. The standard InChI is InChI=1S/C23H21F4N7O.C22H21F2N7O.C22H22FN7O/c1-11(2)34-21-18(20(28)29-10-30-21)19(33-34)15-7-6-14(9-17(15)24)32-22(35)31-13-5-4-12(3)16(8-13)23(25,26)27;1-11(2)31-21-18(20(25)26-10-27-21)19(30-31)14-6-5-13(9-16(14)24)28-22(32)29-17-8-12(3)4-7-15(17)23;1-12(2)30-21-18(20(24)25-11-26-21)19(29-30)16-8-7-15(10-17(16)23)28-22(31)27-14-6-4-5-13(3)9-14/h4-11H,1-3H3,(H2,28,29,30)(H2,31,32,35);4-11H,1-3H3,(H2,25,26,27)(H2,28,29,32);4-12H,1-3H3,(H2,24,25,26)(H2,27,28,31). The van der Waals surface area contributed by atoms with Gasteiger partial charge in [0, 0.05) is 63.3 Å². The van der Waals surface area contributed by atoms with Crippen LogP contribution < -0.4 is 49.1 Å². The number of alkyl halides is 3. The molecule has 6 aromatic heterocycles. The lowest BCUT2D eigenvalue weighted by Gasteiger charge is -2.13. The summed E-state index contributed by atoms with van der Waals surface area (Å²) in [5.41, 5.74) is 23.2.